The number of hydrogen-bond donors (Lipinski definition) is 4. The molecule has 0 aromatic heterocycles. The molecule has 2 aromatic carbocycles. The van der Waals surface area contributed by atoms with E-state index in [0.29, 0.717) is 13.1 Å². The minimum absolute atomic E-state index is 0. The maximum Gasteiger partial charge on any atom is 0.124 e. The van der Waals surface area contributed by atoms with E-state index in [-0.39, 0.29) is 28.0 Å². The summed E-state index contributed by atoms with van der Waals surface area (Å²) in [7, 11) is 0. The summed E-state index contributed by atoms with van der Waals surface area (Å²) in [6.45, 7) is 4.62. The van der Waals surface area contributed by atoms with Gasteiger partial charge in [-0.1, -0.05) is 24.3 Å². The van der Waals surface area contributed by atoms with Crippen molar-refractivity contribution >= 4 is 12.4 Å². The average molecular weight is 413 g/mol. The molecule has 0 atom stereocenters. The van der Waals surface area contributed by atoms with Crippen LogP contribution in [0.15, 0.2) is 58.5 Å². The number of aliphatic imine (C=N–C) groups is 2. The van der Waals surface area contributed by atoms with Gasteiger partial charge in [-0.25, -0.2) is 0 Å². The molecule has 0 unspecified atom stereocenters. The van der Waals surface area contributed by atoms with Gasteiger partial charge in [0, 0.05) is 66.2 Å². The molecule has 6 nitrogen and oxygen atoms in total. The van der Waals surface area contributed by atoms with Gasteiger partial charge in [-0.05, 0) is 24.3 Å². The number of phenolic OH excluding ortho intramolecular Hbond substituents is 2. The molecule has 2 rings (SSSR count). The maximum absolute atomic E-state index is 9.61. The number of phenols is 2. The molecular weight excluding hydrogens is 387 g/mol. The first kappa shape index (κ1) is 22.8. The molecule has 0 radical (unpaired) electrons. The third-order valence-electron chi connectivity index (χ3n) is 3.65. The van der Waals surface area contributed by atoms with Crippen molar-refractivity contribution in [3.05, 3.63) is 59.7 Å². The number of hydrogen-bond acceptors (Lipinski definition) is 6. The smallest absolute Gasteiger partial charge is 0.124 e. The van der Waals surface area contributed by atoms with Gasteiger partial charge >= 0.3 is 0 Å². The van der Waals surface area contributed by atoms with Crippen LogP contribution in [0.2, 0.25) is 0 Å². The van der Waals surface area contributed by atoms with Gasteiger partial charge in [0.2, 0.25) is 0 Å². The molecule has 0 saturated heterocycles. The van der Waals surface area contributed by atoms with E-state index in [4.69, 9.17) is 0 Å². The zero-order valence-corrected chi connectivity index (χ0v) is 16.1. The zero-order chi connectivity index (χ0) is 18.5. The van der Waals surface area contributed by atoms with Crippen LogP contribution in [0.5, 0.6) is 11.5 Å². The van der Waals surface area contributed by atoms with Gasteiger partial charge in [0.1, 0.15) is 11.5 Å². The fraction of sp³-hybridized carbons (Fsp3) is 0.300. The van der Waals surface area contributed by atoms with Crippen LogP contribution in [0.3, 0.4) is 0 Å². The van der Waals surface area contributed by atoms with Crippen molar-refractivity contribution in [3.8, 4) is 11.5 Å². The van der Waals surface area contributed by atoms with E-state index in [9.17, 15) is 10.2 Å². The molecule has 7 heteroatoms. The van der Waals surface area contributed by atoms with Crippen LogP contribution >= 0.6 is 0 Å². The van der Waals surface area contributed by atoms with Crippen molar-refractivity contribution in [2.24, 2.45) is 9.98 Å². The first-order chi connectivity index (χ1) is 12.8. The Hall–Kier alpha value is -2.21. The van der Waals surface area contributed by atoms with Gasteiger partial charge in [-0.2, -0.15) is 0 Å². The van der Waals surface area contributed by atoms with Crippen LogP contribution in [0.1, 0.15) is 11.1 Å². The Balaban J connectivity index is 0.00000364. The van der Waals surface area contributed by atoms with Crippen molar-refractivity contribution < 1.29 is 26.7 Å². The van der Waals surface area contributed by atoms with Gasteiger partial charge in [-0.3, -0.25) is 9.98 Å². The monoisotopic (exact) mass is 412 g/mol. The summed E-state index contributed by atoms with van der Waals surface area (Å²) in [5.41, 5.74) is 1.47. The third-order valence-corrected chi connectivity index (χ3v) is 3.65. The summed E-state index contributed by atoms with van der Waals surface area (Å²) in [5.74, 6) is 0.497. The van der Waals surface area contributed by atoms with E-state index in [0.717, 1.165) is 37.3 Å². The van der Waals surface area contributed by atoms with Gasteiger partial charge in [0.15, 0.2) is 0 Å². The van der Waals surface area contributed by atoms with Crippen molar-refractivity contribution in [1.82, 2.24) is 10.6 Å². The fourth-order valence-electron chi connectivity index (χ4n) is 2.23. The number of rotatable bonds is 11. The quantitative estimate of drug-likeness (QED) is 0.257. The molecule has 0 fully saturated rings. The summed E-state index contributed by atoms with van der Waals surface area (Å²) in [4.78, 5) is 8.58. The maximum atomic E-state index is 9.61. The van der Waals surface area contributed by atoms with Crippen LogP contribution < -0.4 is 10.6 Å². The van der Waals surface area contributed by atoms with E-state index in [1.165, 1.54) is 0 Å². The molecule has 0 spiro atoms. The van der Waals surface area contributed by atoms with E-state index >= 15 is 0 Å². The van der Waals surface area contributed by atoms with Gasteiger partial charge in [-0.15, -0.1) is 0 Å². The minimum atomic E-state index is 0. The first-order valence-electron chi connectivity index (χ1n) is 8.74. The predicted molar refractivity (Wildman–Crippen MR) is 107 cm³/mol. The summed E-state index contributed by atoms with van der Waals surface area (Å²) >= 11 is 0. The number of nitrogens with zero attached hydrogens (tertiary/aromatic N) is 2. The van der Waals surface area contributed by atoms with Crippen molar-refractivity contribution in [2.75, 3.05) is 39.3 Å². The second-order valence-corrected chi connectivity index (χ2v) is 5.69. The summed E-state index contributed by atoms with van der Waals surface area (Å²) in [6.07, 6.45) is 3.38. The second-order valence-electron chi connectivity index (χ2n) is 5.69. The van der Waals surface area contributed by atoms with Gasteiger partial charge in [0.25, 0.3) is 0 Å². The van der Waals surface area contributed by atoms with Crippen LogP contribution in [0.4, 0.5) is 0 Å². The normalized spacial score (nSPS) is 11.1. The Morgan fingerprint density at radius 1 is 0.667 bits per heavy atom. The molecule has 0 saturated carbocycles. The first-order valence-corrected chi connectivity index (χ1v) is 8.74. The molecular formula is C20H26N4NiO2. The molecule has 148 valence electrons. The Morgan fingerprint density at radius 3 is 1.48 bits per heavy atom. The zero-order valence-electron chi connectivity index (χ0n) is 15.1. The topological polar surface area (TPSA) is 89.2 Å². The molecule has 27 heavy (non-hydrogen) atoms. The Morgan fingerprint density at radius 2 is 1.07 bits per heavy atom. The van der Waals surface area contributed by atoms with Crippen LogP contribution in [-0.2, 0) is 16.5 Å². The Bertz CT molecular complexity index is 661. The van der Waals surface area contributed by atoms with Crippen LogP contribution in [0.25, 0.3) is 0 Å². The van der Waals surface area contributed by atoms with Gasteiger partial charge < -0.3 is 20.8 Å². The molecule has 0 bridgehead atoms. The molecule has 0 aliphatic carbocycles. The van der Waals surface area contributed by atoms with E-state index in [1.807, 2.05) is 24.3 Å². The van der Waals surface area contributed by atoms with Crippen molar-refractivity contribution in [2.45, 2.75) is 0 Å². The number of aromatic hydroxyl groups is 2. The molecule has 0 heterocycles. The standard InChI is InChI=1S/C20H26N4O2.Ni/c25-19-7-3-1-5-17(19)15-23-13-11-21-9-10-22-12-14-24-16-18-6-2-4-8-20(18)26;/h1-8,15-16,21-22,25-26H,9-14H2;. The van der Waals surface area contributed by atoms with Crippen molar-refractivity contribution in [3.63, 3.8) is 0 Å². The van der Waals surface area contributed by atoms with E-state index in [2.05, 4.69) is 20.6 Å². The Kier molecular flexibility index (Phi) is 11.8. The summed E-state index contributed by atoms with van der Waals surface area (Å²) < 4.78 is 0. The molecule has 4 N–H and O–H groups in total. The number of para-hydroxylation sites is 2. The fourth-order valence-corrected chi connectivity index (χ4v) is 2.23. The molecule has 0 aliphatic heterocycles. The summed E-state index contributed by atoms with van der Waals surface area (Å²) in [6, 6.07) is 14.3. The number of nitrogens with one attached hydrogen (secondary N) is 2. The Labute approximate surface area is 170 Å². The van der Waals surface area contributed by atoms with Gasteiger partial charge in [0.05, 0.1) is 13.1 Å². The largest absolute Gasteiger partial charge is 0.507 e. The molecule has 0 amide bonds. The van der Waals surface area contributed by atoms with E-state index < -0.39 is 0 Å². The van der Waals surface area contributed by atoms with Crippen molar-refractivity contribution in [1.29, 1.82) is 0 Å². The summed E-state index contributed by atoms with van der Waals surface area (Å²) in [5, 5.41) is 25.8. The van der Waals surface area contributed by atoms with E-state index in [1.54, 1.807) is 36.7 Å². The van der Waals surface area contributed by atoms with Crippen LogP contribution in [0, 0.1) is 0 Å². The number of benzene rings is 2. The predicted octanol–water partition coefficient (Wildman–Crippen LogP) is 1.81. The average Bonchev–Trinajstić information content (AvgIpc) is 2.65. The molecule has 0 aliphatic rings. The van der Waals surface area contributed by atoms with Crippen LogP contribution in [-0.4, -0.2) is 61.9 Å². The second kappa shape index (κ2) is 13.9. The SMILES string of the molecule is Oc1ccccc1C=NCCNCCNCCN=Cc1ccccc1O.[Ni]. The minimum Gasteiger partial charge on any atom is -0.507 e. The third kappa shape index (κ3) is 9.34. The molecule has 2 aromatic rings.